The Morgan fingerprint density at radius 2 is 1.84 bits per heavy atom. The molecular formula is C21H22N2O2. The molecule has 128 valence electrons. The predicted octanol–water partition coefficient (Wildman–Crippen LogP) is 2.85. The monoisotopic (exact) mass is 334 g/mol. The molecule has 4 nitrogen and oxygen atoms in total. The zero-order valence-electron chi connectivity index (χ0n) is 14.2. The molecule has 1 atom stereocenters. The quantitative estimate of drug-likeness (QED) is 0.855. The maximum absolute atomic E-state index is 12.6. The number of carbonyl (C=O) groups excluding carboxylic acids is 2. The van der Waals surface area contributed by atoms with Crippen LogP contribution in [-0.4, -0.2) is 29.8 Å². The number of fused-ring (bicyclic) bond motifs is 1. The van der Waals surface area contributed by atoms with Gasteiger partial charge in [0.2, 0.25) is 11.8 Å². The third kappa shape index (κ3) is 3.97. The standard InChI is InChI=1S/C21H22N2O2/c1-2-20(24)22-13-12-21(25)23-14-17-10-6-7-11-18(17)19(15-23)16-8-4-3-5-9-16/h2-11,19H,1,12-15H2,(H,22,24). The van der Waals surface area contributed by atoms with E-state index in [1.807, 2.05) is 29.2 Å². The second kappa shape index (κ2) is 7.79. The van der Waals surface area contributed by atoms with Gasteiger partial charge in [0.1, 0.15) is 0 Å². The van der Waals surface area contributed by atoms with Crippen molar-refractivity contribution >= 4 is 11.8 Å². The van der Waals surface area contributed by atoms with Crippen molar-refractivity contribution in [2.24, 2.45) is 0 Å². The van der Waals surface area contributed by atoms with Crippen LogP contribution in [0.2, 0.25) is 0 Å². The molecule has 2 amide bonds. The minimum Gasteiger partial charge on any atom is -0.352 e. The number of rotatable bonds is 5. The van der Waals surface area contributed by atoms with E-state index in [0.29, 0.717) is 26.1 Å². The molecule has 2 aromatic carbocycles. The third-order valence-corrected chi connectivity index (χ3v) is 4.57. The lowest BCUT2D eigenvalue weighted by molar-refractivity contribution is -0.132. The van der Waals surface area contributed by atoms with Gasteiger partial charge < -0.3 is 10.2 Å². The van der Waals surface area contributed by atoms with Gasteiger partial charge >= 0.3 is 0 Å². The SMILES string of the molecule is C=CC(=O)NCCC(=O)N1Cc2ccccc2C(c2ccccc2)C1. The molecule has 3 rings (SSSR count). The molecule has 0 spiro atoms. The van der Waals surface area contributed by atoms with Crippen molar-refractivity contribution in [2.45, 2.75) is 18.9 Å². The molecule has 0 fully saturated rings. The summed E-state index contributed by atoms with van der Waals surface area (Å²) in [5.74, 6) is -0.0170. The number of hydrogen-bond acceptors (Lipinski definition) is 2. The van der Waals surface area contributed by atoms with E-state index >= 15 is 0 Å². The van der Waals surface area contributed by atoms with E-state index in [1.165, 1.54) is 22.8 Å². The molecule has 1 N–H and O–H groups in total. The van der Waals surface area contributed by atoms with Gasteiger partial charge in [-0.15, -0.1) is 0 Å². The normalized spacial score (nSPS) is 16.0. The largest absolute Gasteiger partial charge is 0.352 e. The van der Waals surface area contributed by atoms with Gasteiger partial charge in [0.15, 0.2) is 0 Å². The zero-order chi connectivity index (χ0) is 17.6. The summed E-state index contributed by atoms with van der Waals surface area (Å²) in [7, 11) is 0. The average Bonchev–Trinajstić information content (AvgIpc) is 2.67. The molecule has 1 aliphatic rings. The highest BCUT2D eigenvalue weighted by atomic mass is 16.2. The van der Waals surface area contributed by atoms with Gasteiger partial charge in [-0.3, -0.25) is 9.59 Å². The van der Waals surface area contributed by atoms with E-state index in [1.54, 1.807) is 0 Å². The Balaban J connectivity index is 1.76. The summed E-state index contributed by atoms with van der Waals surface area (Å²) < 4.78 is 0. The highest BCUT2D eigenvalue weighted by Gasteiger charge is 2.28. The molecule has 1 aliphatic heterocycles. The summed E-state index contributed by atoms with van der Waals surface area (Å²) in [5, 5.41) is 2.66. The Morgan fingerprint density at radius 1 is 1.12 bits per heavy atom. The first-order chi connectivity index (χ1) is 12.2. The minimum absolute atomic E-state index is 0.0554. The van der Waals surface area contributed by atoms with Crippen molar-refractivity contribution in [3.63, 3.8) is 0 Å². The highest BCUT2D eigenvalue weighted by molar-refractivity contribution is 5.87. The molecule has 2 aromatic rings. The van der Waals surface area contributed by atoms with Crippen molar-refractivity contribution in [1.82, 2.24) is 10.2 Å². The van der Waals surface area contributed by atoms with E-state index < -0.39 is 0 Å². The van der Waals surface area contributed by atoms with E-state index in [2.05, 4.69) is 42.2 Å². The van der Waals surface area contributed by atoms with Crippen molar-refractivity contribution in [2.75, 3.05) is 13.1 Å². The molecule has 1 unspecified atom stereocenters. The smallest absolute Gasteiger partial charge is 0.243 e. The fraction of sp³-hybridized carbons (Fsp3) is 0.238. The van der Waals surface area contributed by atoms with Crippen molar-refractivity contribution < 1.29 is 9.59 Å². The van der Waals surface area contributed by atoms with E-state index in [0.717, 1.165) is 0 Å². The summed E-state index contributed by atoms with van der Waals surface area (Å²) in [6.07, 6.45) is 1.51. The van der Waals surface area contributed by atoms with Crippen LogP contribution in [0, 0.1) is 0 Å². The first-order valence-corrected chi connectivity index (χ1v) is 8.50. The summed E-state index contributed by atoms with van der Waals surface area (Å²) >= 11 is 0. The van der Waals surface area contributed by atoms with E-state index in [4.69, 9.17) is 0 Å². The fourth-order valence-electron chi connectivity index (χ4n) is 3.29. The Morgan fingerprint density at radius 3 is 2.60 bits per heavy atom. The highest BCUT2D eigenvalue weighted by Crippen LogP contribution is 2.33. The molecular weight excluding hydrogens is 312 g/mol. The Kier molecular flexibility index (Phi) is 5.29. The maximum atomic E-state index is 12.6. The number of hydrogen-bond donors (Lipinski definition) is 1. The van der Waals surface area contributed by atoms with Crippen LogP contribution in [0.5, 0.6) is 0 Å². The number of carbonyl (C=O) groups is 2. The minimum atomic E-state index is -0.251. The molecule has 0 aliphatic carbocycles. The van der Waals surface area contributed by atoms with E-state index in [9.17, 15) is 9.59 Å². The Labute approximate surface area is 148 Å². The Bertz CT molecular complexity index is 770. The first-order valence-electron chi connectivity index (χ1n) is 8.50. The van der Waals surface area contributed by atoms with Crippen LogP contribution in [0.3, 0.4) is 0 Å². The van der Waals surface area contributed by atoms with Gasteiger partial charge in [-0.2, -0.15) is 0 Å². The zero-order valence-corrected chi connectivity index (χ0v) is 14.2. The third-order valence-electron chi connectivity index (χ3n) is 4.57. The van der Waals surface area contributed by atoms with Gasteiger partial charge in [0.25, 0.3) is 0 Å². The summed E-state index contributed by atoms with van der Waals surface area (Å²) in [6.45, 7) is 5.02. The second-order valence-electron chi connectivity index (χ2n) is 6.18. The molecule has 0 aromatic heterocycles. The lowest BCUT2D eigenvalue weighted by atomic mass is 9.84. The lowest BCUT2D eigenvalue weighted by Gasteiger charge is -2.35. The lowest BCUT2D eigenvalue weighted by Crippen LogP contribution is -2.40. The van der Waals surface area contributed by atoms with E-state index in [-0.39, 0.29) is 17.7 Å². The molecule has 0 bridgehead atoms. The number of nitrogens with one attached hydrogen (secondary N) is 1. The van der Waals surface area contributed by atoms with Crippen LogP contribution in [-0.2, 0) is 16.1 Å². The second-order valence-corrected chi connectivity index (χ2v) is 6.18. The van der Waals surface area contributed by atoms with Gasteiger partial charge in [-0.25, -0.2) is 0 Å². The van der Waals surface area contributed by atoms with Crippen LogP contribution in [0.1, 0.15) is 29.0 Å². The maximum Gasteiger partial charge on any atom is 0.243 e. The summed E-state index contributed by atoms with van der Waals surface area (Å²) in [5.41, 5.74) is 3.69. The Hall–Kier alpha value is -2.88. The van der Waals surface area contributed by atoms with Gasteiger partial charge in [-0.05, 0) is 22.8 Å². The molecule has 1 heterocycles. The topological polar surface area (TPSA) is 49.4 Å². The fourth-order valence-corrected chi connectivity index (χ4v) is 3.29. The number of benzene rings is 2. The molecule has 0 saturated heterocycles. The van der Waals surface area contributed by atoms with Crippen LogP contribution in [0.4, 0.5) is 0 Å². The number of amides is 2. The first kappa shape index (κ1) is 17.0. The van der Waals surface area contributed by atoms with Crippen LogP contribution in [0.25, 0.3) is 0 Å². The van der Waals surface area contributed by atoms with Crippen molar-refractivity contribution in [3.8, 4) is 0 Å². The molecule has 0 radical (unpaired) electrons. The molecule has 0 saturated carbocycles. The molecule has 25 heavy (non-hydrogen) atoms. The van der Waals surface area contributed by atoms with Crippen LogP contribution < -0.4 is 5.32 Å². The predicted molar refractivity (Wildman–Crippen MR) is 98.0 cm³/mol. The van der Waals surface area contributed by atoms with Crippen molar-refractivity contribution in [3.05, 3.63) is 83.9 Å². The van der Waals surface area contributed by atoms with Gasteiger partial charge in [0, 0.05) is 32.0 Å². The number of nitrogens with zero attached hydrogens (tertiary/aromatic N) is 1. The average molecular weight is 334 g/mol. The summed E-state index contributed by atoms with van der Waals surface area (Å²) in [4.78, 5) is 25.7. The van der Waals surface area contributed by atoms with Crippen LogP contribution in [0.15, 0.2) is 67.3 Å². The van der Waals surface area contributed by atoms with Crippen molar-refractivity contribution in [1.29, 1.82) is 0 Å². The summed E-state index contributed by atoms with van der Waals surface area (Å²) in [6, 6.07) is 18.6. The molecule has 4 heteroatoms. The van der Waals surface area contributed by atoms with Gasteiger partial charge in [0.05, 0.1) is 0 Å². The van der Waals surface area contributed by atoms with Gasteiger partial charge in [-0.1, -0.05) is 61.2 Å². The van der Waals surface area contributed by atoms with Crippen LogP contribution >= 0.6 is 0 Å².